The van der Waals surface area contributed by atoms with Gasteiger partial charge in [-0.05, 0) is 0 Å². The van der Waals surface area contributed by atoms with Gasteiger partial charge in [0.25, 0.3) is 5.83 Å². The van der Waals surface area contributed by atoms with Crippen LogP contribution in [0.4, 0.5) is 35.1 Å². The summed E-state index contributed by atoms with van der Waals surface area (Å²) in [5, 5.41) is 0. The Labute approximate surface area is 65.6 Å². The maximum atomic E-state index is 11.6. The number of hydrogen-bond donors (Lipinski definition) is 0. The lowest BCUT2D eigenvalue weighted by Crippen LogP contribution is -2.16. The van der Waals surface area contributed by atoms with E-state index in [9.17, 15) is 35.1 Å². The van der Waals surface area contributed by atoms with Crippen molar-refractivity contribution in [2.75, 3.05) is 0 Å². The van der Waals surface area contributed by atoms with Crippen LogP contribution in [0.15, 0.2) is 11.8 Å². The Morgan fingerprint density at radius 1 is 0.846 bits per heavy atom. The smallest absolute Gasteiger partial charge is 0.376 e. The van der Waals surface area contributed by atoms with Gasteiger partial charge in [0.05, 0.1) is 0 Å². The summed E-state index contributed by atoms with van der Waals surface area (Å²) in [7, 11) is 0. The van der Waals surface area contributed by atoms with Gasteiger partial charge in [-0.3, -0.25) is 0 Å². The second kappa shape index (κ2) is 3.38. The van der Waals surface area contributed by atoms with E-state index in [2.05, 4.69) is 0 Å². The lowest BCUT2D eigenvalue weighted by molar-refractivity contribution is -0.316. The van der Waals surface area contributed by atoms with E-state index in [-0.39, 0.29) is 0 Å². The van der Waals surface area contributed by atoms with Crippen LogP contribution in [-0.4, -0.2) is 12.5 Å². The number of halogens is 8. The molecule has 0 bridgehead atoms. The fourth-order valence-corrected chi connectivity index (χ4v) is 0.258. The van der Waals surface area contributed by atoms with E-state index in [1.165, 1.54) is 0 Å². The van der Waals surface area contributed by atoms with Crippen molar-refractivity contribution in [3.05, 3.63) is 11.8 Å². The first-order chi connectivity index (χ1) is 5.54. The van der Waals surface area contributed by atoms with Gasteiger partial charge in [-0.25, -0.2) is 0 Å². The van der Waals surface area contributed by atoms with Gasteiger partial charge >= 0.3 is 18.6 Å². The van der Waals surface area contributed by atoms with Crippen LogP contribution in [-0.2, 0) is 4.74 Å². The molecule has 0 aliphatic rings. The number of ether oxygens (including phenoxy) is 1. The third kappa shape index (κ3) is 4.53. The average Bonchev–Trinajstić information content (AvgIpc) is 1.79. The Hall–Kier alpha value is -1.02. The first-order valence-corrected chi connectivity index (χ1v) is 2.42. The lowest BCUT2D eigenvalue weighted by Gasteiger charge is -2.08. The molecule has 0 unspecified atom stereocenters. The van der Waals surface area contributed by atoms with Gasteiger partial charge in [0.2, 0.25) is 0 Å². The van der Waals surface area contributed by atoms with Crippen molar-refractivity contribution < 1.29 is 39.9 Å². The van der Waals surface area contributed by atoms with Gasteiger partial charge in [0.1, 0.15) is 0 Å². The van der Waals surface area contributed by atoms with Crippen molar-refractivity contribution in [2.45, 2.75) is 12.5 Å². The number of allylic oxidation sites excluding steroid dienone is 1. The van der Waals surface area contributed by atoms with Crippen LogP contribution in [0.25, 0.3) is 0 Å². The number of rotatable bonds is 1. The third-order valence-electron chi connectivity index (χ3n) is 0.627. The van der Waals surface area contributed by atoms with E-state index < -0.39 is 24.4 Å². The van der Waals surface area contributed by atoms with Crippen LogP contribution in [0.5, 0.6) is 0 Å². The van der Waals surface area contributed by atoms with Gasteiger partial charge in [-0.15, -0.1) is 13.2 Å². The molecule has 0 N–H and O–H groups in total. The van der Waals surface area contributed by atoms with Crippen molar-refractivity contribution >= 4 is 0 Å². The fraction of sp³-hybridized carbons (Fsp3) is 0.500. The van der Waals surface area contributed by atoms with Crippen LogP contribution >= 0.6 is 0 Å². The van der Waals surface area contributed by atoms with E-state index in [0.717, 1.165) is 0 Å². The summed E-state index contributed by atoms with van der Waals surface area (Å²) >= 11 is 0. The van der Waals surface area contributed by atoms with Gasteiger partial charge in [0.15, 0.2) is 0 Å². The highest BCUT2D eigenvalue weighted by molar-refractivity contribution is 4.99. The minimum absolute atomic E-state index is 2.04. The zero-order chi connectivity index (χ0) is 10.9. The molecule has 0 aromatic carbocycles. The van der Waals surface area contributed by atoms with Gasteiger partial charge in [-0.2, -0.15) is 22.0 Å². The molecule has 0 aliphatic heterocycles. The van der Waals surface area contributed by atoms with Gasteiger partial charge in [0, 0.05) is 0 Å². The number of hydrogen-bond acceptors (Lipinski definition) is 1. The van der Waals surface area contributed by atoms with Crippen LogP contribution in [0.1, 0.15) is 0 Å². The number of alkyl halides is 6. The summed E-state index contributed by atoms with van der Waals surface area (Å²) in [5.41, 5.74) is 0. The molecule has 78 valence electrons. The maximum absolute atomic E-state index is 11.6. The Bertz CT molecular complexity index is 209. The van der Waals surface area contributed by atoms with Crippen molar-refractivity contribution in [3.8, 4) is 0 Å². The van der Waals surface area contributed by atoms with Crippen molar-refractivity contribution in [1.29, 1.82) is 0 Å². The summed E-state index contributed by atoms with van der Waals surface area (Å²) in [6.45, 7) is 0. The molecular weight excluding hydrogens is 216 g/mol. The van der Waals surface area contributed by atoms with E-state index in [1.807, 2.05) is 4.74 Å². The minimum atomic E-state index is -5.84. The molecule has 0 aliphatic carbocycles. The summed E-state index contributed by atoms with van der Waals surface area (Å²) in [5.74, 6) is -3.56. The monoisotopic (exact) mass is 216 g/mol. The fourth-order valence-electron chi connectivity index (χ4n) is 0.258. The zero-order valence-corrected chi connectivity index (χ0v) is 5.43. The summed E-state index contributed by atoms with van der Waals surface area (Å²) < 4.78 is 91.8. The van der Waals surface area contributed by atoms with Crippen LogP contribution in [0.3, 0.4) is 0 Å². The molecular formula is C4F8O. The minimum Gasteiger partial charge on any atom is -0.376 e. The van der Waals surface area contributed by atoms with Crippen LogP contribution in [0.2, 0.25) is 0 Å². The zero-order valence-electron chi connectivity index (χ0n) is 5.43. The molecule has 0 radical (unpaired) electrons. The quantitative estimate of drug-likeness (QED) is 0.483. The van der Waals surface area contributed by atoms with Gasteiger partial charge in [-0.1, -0.05) is 0 Å². The predicted octanol–water partition coefficient (Wildman–Crippen LogP) is 3.19. The van der Waals surface area contributed by atoms with Crippen molar-refractivity contribution in [2.24, 2.45) is 0 Å². The van der Waals surface area contributed by atoms with E-state index in [1.54, 1.807) is 0 Å². The summed E-state index contributed by atoms with van der Waals surface area (Å²) in [6.07, 6.45) is -11.5. The molecule has 13 heavy (non-hydrogen) atoms. The standard InChI is InChI=1S/C4F8O/c5-1(3(7,8)9)2(6)13-4(10,11)12. The predicted molar refractivity (Wildman–Crippen MR) is 22.4 cm³/mol. The molecule has 0 saturated carbocycles. The van der Waals surface area contributed by atoms with E-state index in [0.29, 0.717) is 0 Å². The molecule has 0 rings (SSSR count). The normalized spacial score (nSPS) is 15.4. The molecule has 0 aromatic heterocycles. The molecule has 0 spiro atoms. The SMILES string of the molecule is FC(OC(F)(F)F)=C(F)C(F)(F)F. The topological polar surface area (TPSA) is 9.23 Å². The van der Waals surface area contributed by atoms with Crippen molar-refractivity contribution in [3.63, 3.8) is 0 Å². The Kier molecular flexibility index (Phi) is 3.12. The molecule has 0 amide bonds. The highest BCUT2D eigenvalue weighted by Crippen LogP contribution is 2.32. The second-order valence-electron chi connectivity index (χ2n) is 1.63. The molecule has 0 saturated heterocycles. The largest absolute Gasteiger partial charge is 0.574 e. The Morgan fingerprint density at radius 2 is 1.23 bits per heavy atom. The highest BCUT2D eigenvalue weighted by atomic mass is 19.4. The van der Waals surface area contributed by atoms with E-state index >= 15 is 0 Å². The van der Waals surface area contributed by atoms with Crippen LogP contribution in [0, 0.1) is 0 Å². The highest BCUT2D eigenvalue weighted by Gasteiger charge is 2.43. The lowest BCUT2D eigenvalue weighted by atomic mass is 10.5. The molecule has 0 aromatic rings. The van der Waals surface area contributed by atoms with E-state index in [4.69, 9.17) is 0 Å². The Balaban J connectivity index is 4.65. The molecule has 1 nitrogen and oxygen atoms in total. The summed E-state index contributed by atoms with van der Waals surface area (Å²) in [4.78, 5) is 0. The first-order valence-electron chi connectivity index (χ1n) is 2.42. The van der Waals surface area contributed by atoms with Crippen molar-refractivity contribution in [1.82, 2.24) is 0 Å². The maximum Gasteiger partial charge on any atom is 0.574 e. The molecule has 9 heteroatoms. The summed E-state index contributed by atoms with van der Waals surface area (Å²) in [6, 6.07) is -3.36. The third-order valence-corrected chi connectivity index (χ3v) is 0.627. The second-order valence-corrected chi connectivity index (χ2v) is 1.63. The average molecular weight is 216 g/mol. The Morgan fingerprint density at radius 3 is 1.46 bits per heavy atom. The molecule has 0 fully saturated rings. The van der Waals surface area contributed by atoms with Crippen LogP contribution < -0.4 is 0 Å². The molecule has 0 atom stereocenters. The van der Waals surface area contributed by atoms with Gasteiger partial charge < -0.3 is 4.74 Å². The first kappa shape index (κ1) is 12.0. The molecule has 0 heterocycles.